The third-order valence-corrected chi connectivity index (χ3v) is 5.48. The molecule has 32 heavy (non-hydrogen) atoms. The van der Waals surface area contributed by atoms with Crippen molar-refractivity contribution in [2.24, 2.45) is 0 Å². The summed E-state index contributed by atoms with van der Waals surface area (Å²) in [6.45, 7) is -0.149. The number of esters is 1. The number of carbonyl (C=O) groups is 4. The molecule has 168 valence electrons. The number of fused-ring (bicyclic) bond motifs is 1. The molecule has 2 aromatic rings. The third kappa shape index (κ3) is 5.51. The molecule has 1 aliphatic carbocycles. The second-order valence-corrected chi connectivity index (χ2v) is 7.49. The van der Waals surface area contributed by atoms with Gasteiger partial charge in [0.25, 0.3) is 0 Å². The van der Waals surface area contributed by atoms with E-state index in [1.165, 1.54) is 14.2 Å². The van der Waals surface area contributed by atoms with Crippen LogP contribution in [0.2, 0.25) is 0 Å². The van der Waals surface area contributed by atoms with Gasteiger partial charge in [0.2, 0.25) is 11.8 Å². The average molecular weight is 438 g/mol. The van der Waals surface area contributed by atoms with Crippen LogP contribution in [0.3, 0.4) is 0 Å². The van der Waals surface area contributed by atoms with Crippen LogP contribution < -0.4 is 15.4 Å². The zero-order valence-electron chi connectivity index (χ0n) is 18.1. The Morgan fingerprint density at radius 1 is 0.906 bits per heavy atom. The maximum atomic E-state index is 12.4. The molecule has 8 nitrogen and oxygen atoms in total. The van der Waals surface area contributed by atoms with E-state index in [-0.39, 0.29) is 49.0 Å². The molecular weight excluding hydrogens is 412 g/mol. The molecule has 8 heteroatoms. The molecule has 0 aliphatic heterocycles. The second kappa shape index (κ2) is 10.6. The van der Waals surface area contributed by atoms with Gasteiger partial charge in [-0.05, 0) is 41.8 Å². The summed E-state index contributed by atoms with van der Waals surface area (Å²) < 4.78 is 9.92. The molecule has 0 heterocycles. The quantitative estimate of drug-likeness (QED) is 0.459. The van der Waals surface area contributed by atoms with Crippen molar-refractivity contribution >= 4 is 23.6 Å². The fourth-order valence-corrected chi connectivity index (χ4v) is 3.78. The highest BCUT2D eigenvalue weighted by atomic mass is 16.5. The molecule has 3 rings (SSSR count). The number of rotatable bonds is 9. The molecule has 0 fully saturated rings. The highest BCUT2D eigenvalue weighted by Crippen LogP contribution is 2.40. The van der Waals surface area contributed by atoms with Crippen molar-refractivity contribution in [3.05, 3.63) is 65.2 Å². The van der Waals surface area contributed by atoms with Crippen molar-refractivity contribution in [1.82, 2.24) is 10.6 Å². The summed E-state index contributed by atoms with van der Waals surface area (Å²) in [6.07, 6.45) is 0.348. The van der Waals surface area contributed by atoms with Crippen LogP contribution in [0.1, 0.15) is 52.7 Å². The molecule has 0 saturated heterocycles. The Kier molecular flexibility index (Phi) is 7.59. The lowest BCUT2D eigenvalue weighted by atomic mass is 10.0. The lowest BCUT2D eigenvalue weighted by Gasteiger charge is -2.14. The number of methoxy groups -OCH3 is 2. The molecule has 0 radical (unpaired) electrons. The molecule has 2 aromatic carbocycles. The van der Waals surface area contributed by atoms with Crippen LogP contribution in [0.5, 0.6) is 5.75 Å². The zero-order valence-corrected chi connectivity index (χ0v) is 18.1. The van der Waals surface area contributed by atoms with Gasteiger partial charge in [0, 0.05) is 18.4 Å². The largest absolute Gasteiger partial charge is 0.497 e. The van der Waals surface area contributed by atoms with Crippen LogP contribution in [0.15, 0.2) is 48.5 Å². The molecule has 2 amide bonds. The molecule has 2 atom stereocenters. The molecule has 0 saturated carbocycles. The van der Waals surface area contributed by atoms with Gasteiger partial charge in [-0.25, -0.2) is 0 Å². The van der Waals surface area contributed by atoms with E-state index in [2.05, 4.69) is 10.6 Å². The van der Waals surface area contributed by atoms with Gasteiger partial charge in [-0.15, -0.1) is 0 Å². The van der Waals surface area contributed by atoms with Gasteiger partial charge < -0.3 is 20.1 Å². The smallest absolute Gasteiger partial charge is 0.313 e. The maximum Gasteiger partial charge on any atom is 0.313 e. The van der Waals surface area contributed by atoms with E-state index in [0.29, 0.717) is 17.7 Å². The van der Waals surface area contributed by atoms with Crippen LogP contribution in [0, 0.1) is 0 Å². The molecule has 0 unspecified atom stereocenters. The van der Waals surface area contributed by atoms with Gasteiger partial charge >= 0.3 is 5.97 Å². The Bertz CT molecular complexity index is 1000. The fraction of sp³-hybridized carbons (Fsp3) is 0.333. The standard InChI is InChI=1S/C24H26N2O6/c1-31-16-9-7-15(8-10-16)21(27)14-25-22(28)11-12-23(29)26-20-13-19(24(30)32-2)17-5-3-4-6-18(17)20/h3-10,19-20H,11-14H2,1-2H3,(H,25,28)(H,26,29)/t19-,20+/m1/s1. The van der Waals surface area contributed by atoms with Crippen LogP contribution >= 0.6 is 0 Å². The van der Waals surface area contributed by atoms with Crippen LogP contribution in [-0.4, -0.2) is 44.3 Å². The number of benzene rings is 2. The number of Topliss-reactive ketones (excluding diaryl/α,β-unsaturated/α-hetero) is 1. The van der Waals surface area contributed by atoms with Gasteiger partial charge in [-0.2, -0.15) is 0 Å². The molecule has 1 aliphatic rings. The van der Waals surface area contributed by atoms with E-state index >= 15 is 0 Å². The first-order valence-corrected chi connectivity index (χ1v) is 10.3. The van der Waals surface area contributed by atoms with Gasteiger partial charge in [0.15, 0.2) is 5.78 Å². The minimum absolute atomic E-state index is 0.0237. The van der Waals surface area contributed by atoms with Gasteiger partial charge in [0.05, 0.1) is 32.7 Å². The van der Waals surface area contributed by atoms with Crippen molar-refractivity contribution in [2.75, 3.05) is 20.8 Å². The monoisotopic (exact) mass is 438 g/mol. The van der Waals surface area contributed by atoms with Gasteiger partial charge in [-0.1, -0.05) is 24.3 Å². The van der Waals surface area contributed by atoms with E-state index in [1.807, 2.05) is 24.3 Å². The van der Waals surface area contributed by atoms with Crippen molar-refractivity contribution in [3.63, 3.8) is 0 Å². The van der Waals surface area contributed by atoms with Crippen molar-refractivity contribution in [1.29, 1.82) is 0 Å². The zero-order chi connectivity index (χ0) is 23.1. The summed E-state index contributed by atoms with van der Waals surface area (Å²) in [5, 5.41) is 5.44. The lowest BCUT2D eigenvalue weighted by Crippen LogP contribution is -2.32. The number of ether oxygens (including phenoxy) is 2. The number of nitrogens with one attached hydrogen (secondary N) is 2. The second-order valence-electron chi connectivity index (χ2n) is 7.49. The minimum Gasteiger partial charge on any atom is -0.497 e. The third-order valence-electron chi connectivity index (χ3n) is 5.48. The molecule has 2 N–H and O–H groups in total. The Morgan fingerprint density at radius 2 is 1.56 bits per heavy atom. The average Bonchev–Trinajstić information content (AvgIpc) is 3.19. The summed E-state index contributed by atoms with van der Waals surface area (Å²) in [6, 6.07) is 13.7. The predicted molar refractivity (Wildman–Crippen MR) is 116 cm³/mol. The molecule has 0 aromatic heterocycles. The Hall–Kier alpha value is -3.68. The lowest BCUT2D eigenvalue weighted by molar-refractivity contribution is -0.142. The van der Waals surface area contributed by atoms with Crippen LogP contribution in [-0.2, 0) is 19.1 Å². The summed E-state index contributed by atoms with van der Waals surface area (Å²) in [4.78, 5) is 48.7. The van der Waals surface area contributed by atoms with E-state index in [4.69, 9.17) is 9.47 Å². The SMILES string of the molecule is COC(=O)[C@@H]1C[C@H](NC(=O)CCC(=O)NCC(=O)c2ccc(OC)cc2)c2ccccc21. The molecule has 0 spiro atoms. The summed E-state index contributed by atoms with van der Waals surface area (Å²) >= 11 is 0. The number of amides is 2. The first kappa shape index (κ1) is 23.0. The van der Waals surface area contributed by atoms with E-state index in [9.17, 15) is 19.2 Å². The van der Waals surface area contributed by atoms with E-state index < -0.39 is 5.92 Å². The first-order chi connectivity index (χ1) is 15.4. The summed E-state index contributed by atoms with van der Waals surface area (Å²) in [5.41, 5.74) is 2.19. The highest BCUT2D eigenvalue weighted by molar-refractivity contribution is 5.99. The van der Waals surface area contributed by atoms with Gasteiger partial charge in [-0.3, -0.25) is 19.2 Å². The highest BCUT2D eigenvalue weighted by Gasteiger charge is 2.36. The number of ketones is 1. The Labute approximate surface area is 186 Å². The molecule has 0 bridgehead atoms. The van der Waals surface area contributed by atoms with Crippen molar-refractivity contribution in [2.45, 2.75) is 31.2 Å². The first-order valence-electron chi connectivity index (χ1n) is 10.3. The van der Waals surface area contributed by atoms with Crippen molar-refractivity contribution < 1.29 is 28.7 Å². The summed E-state index contributed by atoms with van der Waals surface area (Å²) in [5.74, 6) is -1.04. The summed E-state index contributed by atoms with van der Waals surface area (Å²) in [7, 11) is 2.88. The predicted octanol–water partition coefficient (Wildman–Crippen LogP) is 2.29. The number of hydrogen-bond acceptors (Lipinski definition) is 6. The normalized spacial score (nSPS) is 16.6. The van der Waals surface area contributed by atoms with Crippen LogP contribution in [0.25, 0.3) is 0 Å². The number of carbonyl (C=O) groups excluding carboxylic acids is 4. The number of hydrogen-bond donors (Lipinski definition) is 2. The maximum absolute atomic E-state index is 12.4. The Morgan fingerprint density at radius 3 is 2.22 bits per heavy atom. The van der Waals surface area contributed by atoms with Crippen molar-refractivity contribution in [3.8, 4) is 5.75 Å². The fourth-order valence-electron chi connectivity index (χ4n) is 3.78. The Balaban J connectivity index is 1.46. The molecular formula is C24H26N2O6. The van der Waals surface area contributed by atoms with E-state index in [1.54, 1.807) is 24.3 Å². The topological polar surface area (TPSA) is 111 Å². The van der Waals surface area contributed by atoms with Gasteiger partial charge in [0.1, 0.15) is 5.75 Å². The minimum atomic E-state index is -0.422. The van der Waals surface area contributed by atoms with Crippen LogP contribution in [0.4, 0.5) is 0 Å². The van der Waals surface area contributed by atoms with E-state index in [0.717, 1.165) is 11.1 Å².